The zero-order valence-electron chi connectivity index (χ0n) is 19.3. The van der Waals surface area contributed by atoms with Gasteiger partial charge in [-0.2, -0.15) is 0 Å². The van der Waals surface area contributed by atoms with Crippen LogP contribution in [0.5, 0.6) is 0 Å². The minimum Gasteiger partial charge on any atom is -0.467 e. The summed E-state index contributed by atoms with van der Waals surface area (Å²) in [5.74, 6) is 0.00291. The monoisotopic (exact) mass is 486 g/mol. The third-order valence-electron chi connectivity index (χ3n) is 5.67. The van der Waals surface area contributed by atoms with Gasteiger partial charge in [-0.3, -0.25) is 0 Å². The van der Waals surface area contributed by atoms with Crippen molar-refractivity contribution in [2.24, 2.45) is 0 Å². The number of allylic oxidation sites excluding steroid dienone is 1. The first-order valence-corrected chi connectivity index (χ1v) is 12.3. The van der Waals surface area contributed by atoms with Gasteiger partial charge in [0.25, 0.3) is 0 Å². The molecule has 0 saturated carbocycles. The van der Waals surface area contributed by atoms with Crippen molar-refractivity contribution in [3.05, 3.63) is 82.5 Å². The molecule has 34 heavy (non-hydrogen) atoms. The smallest absolute Gasteiger partial charge is 0.348 e. The molecule has 5 atom stereocenters. The third kappa shape index (κ3) is 5.82. The van der Waals surface area contributed by atoms with E-state index < -0.39 is 35.8 Å². The Bertz CT molecular complexity index is 966. The summed E-state index contributed by atoms with van der Waals surface area (Å²) in [6.45, 7) is 4.17. The number of benzene rings is 2. The normalized spacial score (nSPS) is 26.5. The number of carbonyl (C=O) groups is 1. The Kier molecular flexibility index (Phi) is 8.64. The summed E-state index contributed by atoms with van der Waals surface area (Å²) >= 11 is 1.32. The standard InChI is InChI=1S/C26H30O7S/c1-3-29-25(28)23-17(2)32-26-24(34-23)22(31-16-19-12-8-5-9-13-19)21(20(14-27)33-26)30-15-18-10-6-4-7-11-18/h4-13,20-22,24,26-27H,3,14-16H2,1-2H3/t20-,21-,22+,24-,26+/m1/s1. The molecule has 4 rings (SSSR count). The van der Waals surface area contributed by atoms with Crippen LogP contribution in [0.2, 0.25) is 0 Å². The molecule has 2 aromatic rings. The van der Waals surface area contributed by atoms with Gasteiger partial charge in [0, 0.05) is 0 Å². The summed E-state index contributed by atoms with van der Waals surface area (Å²) in [6, 6.07) is 19.6. The third-order valence-corrected chi connectivity index (χ3v) is 7.12. The lowest BCUT2D eigenvalue weighted by molar-refractivity contribution is -0.263. The van der Waals surface area contributed by atoms with E-state index in [2.05, 4.69) is 0 Å². The fourth-order valence-corrected chi connectivity index (χ4v) is 5.25. The molecule has 7 nitrogen and oxygen atoms in total. The number of fused-ring (bicyclic) bond motifs is 1. The van der Waals surface area contributed by atoms with Crippen LogP contribution in [-0.2, 0) is 41.7 Å². The number of carbonyl (C=O) groups excluding carboxylic acids is 1. The Hall–Kier alpha value is -2.36. The quantitative estimate of drug-likeness (QED) is 0.536. The molecule has 2 heterocycles. The summed E-state index contributed by atoms with van der Waals surface area (Å²) in [4.78, 5) is 12.9. The van der Waals surface area contributed by atoms with Crippen LogP contribution in [0.25, 0.3) is 0 Å². The molecule has 0 aliphatic carbocycles. The molecule has 182 valence electrons. The molecule has 0 radical (unpaired) electrons. The van der Waals surface area contributed by atoms with Gasteiger partial charge in [-0.15, -0.1) is 11.8 Å². The number of hydrogen-bond donors (Lipinski definition) is 1. The summed E-state index contributed by atoms with van der Waals surface area (Å²) in [5.41, 5.74) is 2.01. The lowest BCUT2D eigenvalue weighted by atomic mass is 10.00. The van der Waals surface area contributed by atoms with Crippen molar-refractivity contribution in [3.8, 4) is 0 Å². The predicted octanol–water partition coefficient (Wildman–Crippen LogP) is 3.80. The van der Waals surface area contributed by atoms with E-state index in [-0.39, 0.29) is 13.2 Å². The summed E-state index contributed by atoms with van der Waals surface area (Å²) in [5, 5.41) is 9.73. The Morgan fingerprint density at radius 1 is 0.971 bits per heavy atom. The first kappa shape index (κ1) is 24.8. The molecule has 0 unspecified atom stereocenters. The van der Waals surface area contributed by atoms with Crippen LogP contribution in [-0.4, -0.2) is 54.1 Å². The predicted molar refractivity (Wildman–Crippen MR) is 128 cm³/mol. The lowest BCUT2D eigenvalue weighted by Gasteiger charge is -2.47. The second-order valence-corrected chi connectivity index (χ2v) is 9.24. The average Bonchev–Trinajstić information content (AvgIpc) is 2.86. The molecule has 1 N–H and O–H groups in total. The van der Waals surface area contributed by atoms with E-state index >= 15 is 0 Å². The number of rotatable bonds is 9. The molecule has 2 aliphatic rings. The van der Waals surface area contributed by atoms with Crippen LogP contribution in [0.3, 0.4) is 0 Å². The molecule has 2 aliphatic heterocycles. The summed E-state index contributed by atoms with van der Waals surface area (Å²) < 4.78 is 30.0. The van der Waals surface area contributed by atoms with E-state index in [1.54, 1.807) is 13.8 Å². The van der Waals surface area contributed by atoms with Gasteiger partial charge in [-0.05, 0) is 25.0 Å². The highest BCUT2D eigenvalue weighted by atomic mass is 32.2. The van der Waals surface area contributed by atoms with Gasteiger partial charge in [-0.25, -0.2) is 4.79 Å². The van der Waals surface area contributed by atoms with Crippen molar-refractivity contribution < 1.29 is 33.6 Å². The Labute approximate surface area is 204 Å². The number of ether oxygens (including phenoxy) is 5. The van der Waals surface area contributed by atoms with E-state index in [0.717, 1.165) is 11.1 Å². The zero-order chi connectivity index (χ0) is 23.9. The number of aliphatic hydroxyl groups is 1. The highest BCUT2D eigenvalue weighted by molar-refractivity contribution is 8.04. The highest BCUT2D eigenvalue weighted by Crippen LogP contribution is 2.43. The maximum absolute atomic E-state index is 12.5. The minimum atomic E-state index is -0.697. The van der Waals surface area contributed by atoms with Gasteiger partial charge in [-0.1, -0.05) is 60.7 Å². The zero-order valence-corrected chi connectivity index (χ0v) is 20.1. The van der Waals surface area contributed by atoms with Gasteiger partial charge in [0.1, 0.15) is 34.2 Å². The van der Waals surface area contributed by atoms with E-state index in [1.165, 1.54) is 11.8 Å². The fourth-order valence-electron chi connectivity index (χ4n) is 4.01. The second-order valence-electron chi connectivity index (χ2n) is 8.05. The van der Waals surface area contributed by atoms with E-state index in [9.17, 15) is 9.90 Å². The molecule has 0 aromatic heterocycles. The SMILES string of the molecule is CCOC(=O)C1=C(C)O[C@H]2O[C@H](CO)[C@@H](OCc3ccccc3)[C@H](OCc3ccccc3)[C@H]2S1. The van der Waals surface area contributed by atoms with Crippen LogP contribution < -0.4 is 0 Å². The number of thioether (sulfide) groups is 1. The fraction of sp³-hybridized carbons (Fsp3) is 0.423. The van der Waals surface area contributed by atoms with Crippen molar-refractivity contribution >= 4 is 17.7 Å². The molecule has 1 fully saturated rings. The van der Waals surface area contributed by atoms with Crippen molar-refractivity contribution in [2.45, 2.75) is 56.9 Å². The molecule has 0 bridgehead atoms. The van der Waals surface area contributed by atoms with Crippen molar-refractivity contribution in [3.63, 3.8) is 0 Å². The van der Waals surface area contributed by atoms with E-state index in [1.807, 2.05) is 60.7 Å². The van der Waals surface area contributed by atoms with Gasteiger partial charge < -0.3 is 28.8 Å². The molecular formula is C26H30O7S. The second kappa shape index (κ2) is 11.9. The van der Waals surface area contributed by atoms with Crippen LogP contribution in [0.15, 0.2) is 71.3 Å². The molecule has 2 aromatic carbocycles. The molecule has 0 amide bonds. The number of hydrogen-bond acceptors (Lipinski definition) is 8. The van der Waals surface area contributed by atoms with Crippen molar-refractivity contribution in [2.75, 3.05) is 13.2 Å². The van der Waals surface area contributed by atoms with Crippen LogP contribution >= 0.6 is 11.8 Å². The van der Waals surface area contributed by atoms with Gasteiger partial charge in [0.2, 0.25) is 6.29 Å². The Balaban J connectivity index is 1.59. The Morgan fingerprint density at radius 2 is 1.56 bits per heavy atom. The largest absolute Gasteiger partial charge is 0.467 e. The van der Waals surface area contributed by atoms with Crippen molar-refractivity contribution in [1.82, 2.24) is 0 Å². The molecule has 1 saturated heterocycles. The summed E-state index contributed by atoms with van der Waals surface area (Å²) in [6.07, 6.45) is -2.43. The molecule has 0 spiro atoms. The first-order valence-electron chi connectivity index (χ1n) is 11.4. The topological polar surface area (TPSA) is 83.5 Å². The average molecular weight is 487 g/mol. The molecular weight excluding hydrogens is 456 g/mol. The maximum atomic E-state index is 12.5. The van der Waals surface area contributed by atoms with Gasteiger partial charge >= 0.3 is 5.97 Å². The van der Waals surface area contributed by atoms with Crippen LogP contribution in [0.4, 0.5) is 0 Å². The number of esters is 1. The van der Waals surface area contributed by atoms with Crippen LogP contribution in [0.1, 0.15) is 25.0 Å². The number of aliphatic hydroxyl groups excluding tert-OH is 1. The summed E-state index contributed by atoms with van der Waals surface area (Å²) in [7, 11) is 0. The highest BCUT2D eigenvalue weighted by Gasteiger charge is 2.51. The van der Waals surface area contributed by atoms with E-state index in [4.69, 9.17) is 23.7 Å². The maximum Gasteiger partial charge on any atom is 0.348 e. The van der Waals surface area contributed by atoms with E-state index in [0.29, 0.717) is 23.9 Å². The minimum absolute atomic E-state index is 0.255. The first-order chi connectivity index (χ1) is 16.6. The Morgan fingerprint density at radius 3 is 2.12 bits per heavy atom. The van der Waals surface area contributed by atoms with Crippen molar-refractivity contribution in [1.29, 1.82) is 0 Å². The lowest BCUT2D eigenvalue weighted by Crippen LogP contribution is -2.60. The van der Waals surface area contributed by atoms with Crippen LogP contribution in [0, 0.1) is 0 Å². The van der Waals surface area contributed by atoms with Gasteiger partial charge in [0.15, 0.2) is 0 Å². The van der Waals surface area contributed by atoms with Gasteiger partial charge in [0.05, 0.1) is 26.4 Å². The molecule has 8 heteroatoms.